The first-order valence-corrected chi connectivity index (χ1v) is 4.10. The van der Waals surface area contributed by atoms with Crippen LogP contribution in [0.3, 0.4) is 0 Å². The lowest BCUT2D eigenvalue weighted by atomic mass is 10.3. The predicted octanol–water partition coefficient (Wildman–Crippen LogP) is 2.92. The van der Waals surface area contributed by atoms with Gasteiger partial charge in [-0.1, -0.05) is 26.7 Å². The highest BCUT2D eigenvalue weighted by molar-refractivity contribution is 4.62. The average Bonchev–Trinajstić information content (AvgIpc) is 1.97. The van der Waals surface area contributed by atoms with Crippen LogP contribution in [0.5, 0.6) is 0 Å². The van der Waals surface area contributed by atoms with Gasteiger partial charge < -0.3 is 4.74 Å². The van der Waals surface area contributed by atoms with Crippen molar-refractivity contribution in [1.29, 1.82) is 0 Å². The molecule has 0 aromatic heterocycles. The molecule has 59 valence electrons. The van der Waals surface area contributed by atoms with Crippen molar-refractivity contribution < 1.29 is 4.74 Å². The van der Waals surface area contributed by atoms with E-state index in [1.54, 1.807) is 0 Å². The first-order valence-electron chi connectivity index (χ1n) is 4.10. The summed E-state index contributed by atoms with van der Waals surface area (Å²) in [5.74, 6) is 0. The molecule has 0 bridgehead atoms. The molecule has 0 aromatic carbocycles. The van der Waals surface area contributed by atoms with Gasteiger partial charge in [-0.15, -0.1) is 0 Å². The fourth-order valence-corrected chi connectivity index (χ4v) is 0.625. The second kappa shape index (κ2) is 8.54. The van der Waals surface area contributed by atoms with Crippen LogP contribution in [-0.4, -0.2) is 6.61 Å². The maximum atomic E-state index is 5.07. The normalized spacial score (nSPS) is 10.6. The van der Waals surface area contributed by atoms with Crippen molar-refractivity contribution in [2.75, 3.05) is 6.61 Å². The van der Waals surface area contributed by atoms with Crippen molar-refractivity contribution in [3.8, 4) is 0 Å². The average molecular weight is 141 g/mol. The molecule has 0 N–H and O–H groups in total. The van der Waals surface area contributed by atoms with Crippen LogP contribution in [0.2, 0.25) is 0 Å². The Morgan fingerprint density at radius 1 is 1.30 bits per heavy atom. The van der Waals surface area contributed by atoms with Crippen LogP contribution in [0.4, 0.5) is 0 Å². The van der Waals surface area contributed by atoms with Gasteiger partial charge in [0.1, 0.15) is 0 Å². The minimum absolute atomic E-state index is 0.824. The third-order valence-electron chi connectivity index (χ3n) is 1.22. The Bertz CT molecular complexity index is 76.8. The van der Waals surface area contributed by atoms with Crippen molar-refractivity contribution in [2.45, 2.75) is 39.5 Å². The number of unbranched alkanes of at least 4 members (excludes halogenated alkanes) is 2. The largest absolute Gasteiger partial charge is 0.490 e. The molecule has 0 aromatic rings. The highest BCUT2D eigenvalue weighted by Gasteiger charge is 1.82. The van der Waals surface area contributed by atoms with Crippen molar-refractivity contribution in [3.05, 3.63) is 12.3 Å². The van der Waals surface area contributed by atoms with Gasteiger partial charge in [0.25, 0.3) is 0 Å². The Morgan fingerprint density at radius 3 is 2.70 bits per heavy atom. The smallest absolute Gasteiger partial charge is 0.156 e. The van der Waals surface area contributed by atoms with Crippen LogP contribution in [0.25, 0.3) is 0 Å². The number of hydrogen-bond acceptors (Lipinski definition) is 1. The molecule has 0 heterocycles. The summed E-state index contributed by atoms with van der Waals surface area (Å²) in [6.07, 6.45) is 9.35. The summed E-state index contributed by atoms with van der Waals surface area (Å²) >= 11 is 0. The maximum Gasteiger partial charge on any atom is 0.156 e. The molecule has 0 unspecified atom stereocenters. The lowest BCUT2D eigenvalue weighted by molar-refractivity contribution is 0.220. The number of rotatable bonds is 6. The lowest BCUT2D eigenvalue weighted by Crippen LogP contribution is -1.86. The topological polar surface area (TPSA) is 9.23 Å². The number of ether oxygens (including phenoxy) is 1. The van der Waals surface area contributed by atoms with Crippen molar-refractivity contribution in [1.82, 2.24) is 0 Å². The van der Waals surface area contributed by atoms with E-state index in [0.29, 0.717) is 0 Å². The van der Waals surface area contributed by atoms with Gasteiger partial charge in [0, 0.05) is 0 Å². The minimum atomic E-state index is 0.824. The van der Waals surface area contributed by atoms with Gasteiger partial charge in [0.2, 0.25) is 0 Å². The summed E-state index contributed by atoms with van der Waals surface area (Å²) in [4.78, 5) is 0. The highest BCUT2D eigenvalue weighted by atomic mass is 16.5. The lowest BCUT2D eigenvalue weighted by Gasteiger charge is -1.96. The van der Waals surface area contributed by atoms with Crippen LogP contribution in [-0.2, 0) is 4.74 Å². The molecule has 0 aliphatic heterocycles. The van der Waals surface area contributed by atoms with Gasteiger partial charge in [0.15, 0.2) is 6.26 Å². The van der Waals surface area contributed by atoms with Crippen molar-refractivity contribution in [2.24, 2.45) is 0 Å². The van der Waals surface area contributed by atoms with Crippen LogP contribution >= 0.6 is 0 Å². The summed E-state index contributed by atoms with van der Waals surface area (Å²) in [6.45, 7) is 5.08. The van der Waals surface area contributed by atoms with Gasteiger partial charge in [-0.3, -0.25) is 0 Å². The van der Waals surface area contributed by atoms with Gasteiger partial charge in [-0.2, -0.15) is 0 Å². The van der Waals surface area contributed by atoms with Gasteiger partial charge in [-0.25, -0.2) is 0 Å². The SMILES string of the molecule is CC/C=[C]\OCCCCC. The third-order valence-corrected chi connectivity index (χ3v) is 1.22. The zero-order valence-corrected chi connectivity index (χ0v) is 7.02. The van der Waals surface area contributed by atoms with E-state index in [9.17, 15) is 0 Å². The zero-order valence-electron chi connectivity index (χ0n) is 7.02. The Kier molecular flexibility index (Phi) is 8.15. The minimum Gasteiger partial charge on any atom is -0.490 e. The zero-order chi connectivity index (χ0) is 7.66. The van der Waals surface area contributed by atoms with Crippen LogP contribution in [0, 0.1) is 6.26 Å². The molecular formula is C9H17O. The van der Waals surface area contributed by atoms with E-state index < -0.39 is 0 Å². The molecule has 0 saturated heterocycles. The Labute approximate surface area is 64.1 Å². The van der Waals surface area contributed by atoms with E-state index in [4.69, 9.17) is 4.74 Å². The Balaban J connectivity index is 2.83. The molecular weight excluding hydrogens is 124 g/mol. The molecule has 1 heteroatoms. The molecule has 0 aliphatic carbocycles. The van der Waals surface area contributed by atoms with Gasteiger partial charge in [0.05, 0.1) is 6.61 Å². The first kappa shape index (κ1) is 9.54. The Morgan fingerprint density at radius 2 is 2.10 bits per heavy atom. The van der Waals surface area contributed by atoms with E-state index >= 15 is 0 Å². The second-order valence-corrected chi connectivity index (χ2v) is 2.29. The number of hydrogen-bond donors (Lipinski definition) is 0. The Hall–Kier alpha value is -0.460. The summed E-state index contributed by atoms with van der Waals surface area (Å²) in [6, 6.07) is 0. The van der Waals surface area contributed by atoms with E-state index in [-0.39, 0.29) is 0 Å². The van der Waals surface area contributed by atoms with Gasteiger partial charge in [-0.05, 0) is 18.9 Å². The molecule has 1 radical (unpaired) electrons. The summed E-state index contributed by atoms with van der Waals surface area (Å²) in [5.41, 5.74) is 0. The first-order chi connectivity index (χ1) is 4.91. The fourth-order valence-electron chi connectivity index (χ4n) is 0.625. The standard InChI is InChI=1S/C9H17O/c1-3-5-7-9-10-8-6-4-2/h6H,3-5,7,9H2,1-2H3. The van der Waals surface area contributed by atoms with E-state index in [2.05, 4.69) is 20.1 Å². The van der Waals surface area contributed by atoms with Crippen molar-refractivity contribution in [3.63, 3.8) is 0 Å². The highest BCUT2D eigenvalue weighted by Crippen LogP contribution is 1.93. The molecule has 0 atom stereocenters. The van der Waals surface area contributed by atoms with Crippen LogP contribution in [0.15, 0.2) is 6.08 Å². The quantitative estimate of drug-likeness (QED) is 0.408. The molecule has 0 aliphatic rings. The van der Waals surface area contributed by atoms with Crippen LogP contribution < -0.4 is 0 Å². The molecule has 0 spiro atoms. The molecule has 1 nitrogen and oxygen atoms in total. The van der Waals surface area contributed by atoms with Gasteiger partial charge >= 0.3 is 0 Å². The van der Waals surface area contributed by atoms with E-state index in [0.717, 1.165) is 19.4 Å². The summed E-state index contributed by atoms with van der Waals surface area (Å²) in [7, 11) is 0. The molecule has 10 heavy (non-hydrogen) atoms. The van der Waals surface area contributed by atoms with E-state index in [1.165, 1.54) is 12.8 Å². The maximum absolute atomic E-state index is 5.07. The summed E-state index contributed by atoms with van der Waals surface area (Å²) < 4.78 is 5.07. The molecule has 0 rings (SSSR count). The van der Waals surface area contributed by atoms with Crippen molar-refractivity contribution >= 4 is 0 Å². The third kappa shape index (κ3) is 7.54. The molecule has 0 fully saturated rings. The number of allylic oxidation sites excluding steroid dienone is 1. The second-order valence-electron chi connectivity index (χ2n) is 2.29. The van der Waals surface area contributed by atoms with Crippen LogP contribution in [0.1, 0.15) is 39.5 Å². The molecule has 0 saturated carbocycles. The predicted molar refractivity (Wildman–Crippen MR) is 43.6 cm³/mol. The monoisotopic (exact) mass is 141 g/mol. The molecule has 0 amide bonds. The fraction of sp³-hybridized carbons (Fsp3) is 0.778. The summed E-state index contributed by atoms with van der Waals surface area (Å²) in [5, 5.41) is 0. The van der Waals surface area contributed by atoms with E-state index in [1.807, 2.05) is 6.08 Å².